The molecule has 0 N–H and O–H groups in total. The van der Waals surface area contributed by atoms with Crippen molar-refractivity contribution in [2.24, 2.45) is 0 Å². The maximum atomic E-state index is 11.7. The van der Waals surface area contributed by atoms with E-state index in [9.17, 15) is 8.76 Å². The number of ether oxygens (including phenoxy) is 1. The first-order chi connectivity index (χ1) is 14.2. The van der Waals surface area contributed by atoms with Crippen LogP contribution in [0.25, 0.3) is 0 Å². The number of fused-ring (bicyclic) bond motifs is 1. The van der Waals surface area contributed by atoms with Gasteiger partial charge in [-0.1, -0.05) is 18.2 Å². The highest BCUT2D eigenvalue weighted by Gasteiger charge is 2.29. The van der Waals surface area contributed by atoms with E-state index in [2.05, 4.69) is 34.1 Å². The fourth-order valence-corrected chi connectivity index (χ4v) is 4.99. The standard InChI is InChI=1S/C22H29N3O3S/c1-28-21-8-6-20(7-9-21)25(29(26)27)17-16-23-13-11-19(12-14-23)24-15-10-18-4-2-3-5-22(18)24/h2-9,19H,10-17H2,1H3,(H,26,27)/p-1. The van der Waals surface area contributed by atoms with Gasteiger partial charge in [-0.05, 0) is 55.2 Å². The summed E-state index contributed by atoms with van der Waals surface area (Å²) in [4.78, 5) is 4.95. The Hall–Kier alpha value is -2.09. The van der Waals surface area contributed by atoms with Crippen LogP contribution in [-0.2, 0) is 17.7 Å². The molecule has 0 spiro atoms. The van der Waals surface area contributed by atoms with Crippen LogP contribution in [0.1, 0.15) is 18.4 Å². The van der Waals surface area contributed by atoms with Crippen LogP contribution in [-0.4, -0.2) is 59.5 Å². The Labute approximate surface area is 175 Å². The molecule has 4 rings (SSSR count). The molecule has 2 heterocycles. The van der Waals surface area contributed by atoms with E-state index < -0.39 is 11.3 Å². The molecular weight excluding hydrogens is 386 g/mol. The predicted molar refractivity (Wildman–Crippen MR) is 116 cm³/mol. The third-order valence-electron chi connectivity index (χ3n) is 6.08. The smallest absolute Gasteiger partial charge is 0.119 e. The van der Waals surface area contributed by atoms with Gasteiger partial charge in [-0.3, -0.25) is 4.21 Å². The van der Waals surface area contributed by atoms with Crippen molar-refractivity contribution in [3.8, 4) is 5.75 Å². The van der Waals surface area contributed by atoms with E-state index >= 15 is 0 Å². The highest BCUT2D eigenvalue weighted by Crippen LogP contribution is 2.32. The number of anilines is 2. The number of benzene rings is 2. The fourth-order valence-electron chi connectivity index (χ4n) is 4.47. The van der Waals surface area contributed by atoms with Gasteiger partial charge in [-0.25, -0.2) is 0 Å². The topological polar surface area (TPSA) is 59.1 Å². The monoisotopic (exact) mass is 414 g/mol. The molecule has 2 aromatic carbocycles. The molecule has 1 saturated heterocycles. The van der Waals surface area contributed by atoms with E-state index in [4.69, 9.17) is 4.74 Å². The van der Waals surface area contributed by atoms with Crippen molar-refractivity contribution in [1.29, 1.82) is 0 Å². The Morgan fingerprint density at radius 2 is 1.83 bits per heavy atom. The molecule has 2 aliphatic heterocycles. The molecule has 0 bridgehead atoms. The minimum atomic E-state index is -2.29. The molecule has 2 aliphatic rings. The zero-order valence-electron chi connectivity index (χ0n) is 16.8. The second kappa shape index (κ2) is 9.15. The third-order valence-corrected chi connectivity index (χ3v) is 6.83. The number of hydrogen-bond acceptors (Lipinski definition) is 5. The molecule has 7 heteroatoms. The van der Waals surface area contributed by atoms with Crippen LogP contribution in [0.2, 0.25) is 0 Å². The first-order valence-electron chi connectivity index (χ1n) is 10.2. The summed E-state index contributed by atoms with van der Waals surface area (Å²) in [6.45, 7) is 4.32. The summed E-state index contributed by atoms with van der Waals surface area (Å²) in [6.07, 6.45) is 3.39. The molecule has 156 valence electrons. The van der Waals surface area contributed by atoms with Gasteiger partial charge in [0.05, 0.1) is 7.11 Å². The van der Waals surface area contributed by atoms with Crippen LogP contribution in [0.15, 0.2) is 48.5 Å². The predicted octanol–water partition coefficient (Wildman–Crippen LogP) is 2.82. The Morgan fingerprint density at radius 3 is 2.52 bits per heavy atom. The lowest BCUT2D eigenvalue weighted by Gasteiger charge is -2.39. The minimum absolute atomic E-state index is 0.458. The molecule has 0 aliphatic carbocycles. The molecule has 0 radical (unpaired) electrons. The maximum Gasteiger partial charge on any atom is 0.119 e. The molecule has 6 nitrogen and oxygen atoms in total. The SMILES string of the molecule is COc1ccc(N(CCN2CCC(N3CCc4ccccc43)CC2)S(=O)[O-])cc1. The Morgan fingerprint density at radius 1 is 1.10 bits per heavy atom. The zero-order chi connectivity index (χ0) is 20.2. The lowest BCUT2D eigenvalue weighted by Crippen LogP contribution is -2.46. The Bertz CT molecular complexity index is 837. The second-order valence-corrected chi connectivity index (χ2v) is 8.54. The van der Waals surface area contributed by atoms with Gasteiger partial charge in [0.15, 0.2) is 0 Å². The third kappa shape index (κ3) is 4.57. The first kappa shape index (κ1) is 20.2. The van der Waals surface area contributed by atoms with Gasteiger partial charge >= 0.3 is 0 Å². The molecule has 1 unspecified atom stereocenters. The molecule has 1 atom stereocenters. The number of para-hydroxylation sites is 1. The molecule has 1 fully saturated rings. The molecular formula is C22H28N3O3S-. The normalized spacial score (nSPS) is 18.5. The van der Waals surface area contributed by atoms with Gasteiger partial charge in [0, 0.05) is 61.4 Å². The van der Waals surface area contributed by atoms with E-state index in [0.717, 1.165) is 51.2 Å². The van der Waals surface area contributed by atoms with Crippen molar-refractivity contribution < 1.29 is 13.5 Å². The number of piperidine rings is 1. The van der Waals surface area contributed by atoms with E-state index in [1.807, 2.05) is 0 Å². The average molecular weight is 415 g/mol. The number of methoxy groups -OCH3 is 1. The summed E-state index contributed by atoms with van der Waals surface area (Å²) in [5.41, 5.74) is 3.53. The Kier molecular flexibility index (Phi) is 6.37. The van der Waals surface area contributed by atoms with Crippen LogP contribution < -0.4 is 13.9 Å². The van der Waals surface area contributed by atoms with E-state index in [0.29, 0.717) is 18.3 Å². The van der Waals surface area contributed by atoms with E-state index in [-0.39, 0.29) is 0 Å². The zero-order valence-corrected chi connectivity index (χ0v) is 17.6. The van der Waals surface area contributed by atoms with Crippen LogP contribution in [0.4, 0.5) is 11.4 Å². The molecule has 2 aromatic rings. The molecule has 29 heavy (non-hydrogen) atoms. The van der Waals surface area contributed by atoms with Gasteiger partial charge in [0.25, 0.3) is 0 Å². The lowest BCUT2D eigenvalue weighted by atomic mass is 10.0. The quantitative estimate of drug-likeness (QED) is 0.652. The van der Waals surface area contributed by atoms with Crippen molar-refractivity contribution in [3.05, 3.63) is 54.1 Å². The molecule has 0 saturated carbocycles. The second-order valence-electron chi connectivity index (χ2n) is 7.66. The number of nitrogens with zero attached hydrogens (tertiary/aromatic N) is 3. The summed E-state index contributed by atoms with van der Waals surface area (Å²) in [7, 11) is 1.60. The van der Waals surface area contributed by atoms with Crippen molar-refractivity contribution in [2.75, 3.05) is 49.0 Å². The number of likely N-dealkylation sites (tertiary alicyclic amines) is 1. The summed E-state index contributed by atoms with van der Waals surface area (Å²) in [5.74, 6) is 0.718. The number of rotatable bonds is 7. The van der Waals surface area contributed by atoms with Gasteiger partial charge in [0.2, 0.25) is 0 Å². The maximum absolute atomic E-state index is 11.7. The van der Waals surface area contributed by atoms with Gasteiger partial charge < -0.3 is 23.4 Å². The van der Waals surface area contributed by atoms with E-state index in [1.165, 1.54) is 15.6 Å². The number of hydrogen-bond donors (Lipinski definition) is 0. The molecule has 0 aromatic heterocycles. The average Bonchev–Trinajstić information content (AvgIpc) is 3.19. The van der Waals surface area contributed by atoms with Crippen molar-refractivity contribution in [1.82, 2.24) is 4.90 Å². The summed E-state index contributed by atoms with van der Waals surface area (Å²) >= 11 is -2.29. The van der Waals surface area contributed by atoms with Crippen molar-refractivity contribution >= 4 is 22.6 Å². The van der Waals surface area contributed by atoms with E-state index in [1.54, 1.807) is 31.4 Å². The summed E-state index contributed by atoms with van der Waals surface area (Å²) in [6, 6.07) is 16.5. The Balaban J connectivity index is 1.30. The first-order valence-corrected chi connectivity index (χ1v) is 11.3. The van der Waals surface area contributed by atoms with Gasteiger partial charge in [-0.15, -0.1) is 0 Å². The molecule has 0 amide bonds. The minimum Gasteiger partial charge on any atom is -0.755 e. The summed E-state index contributed by atoms with van der Waals surface area (Å²) in [5, 5.41) is 0. The summed E-state index contributed by atoms with van der Waals surface area (Å²) < 4.78 is 30.1. The lowest BCUT2D eigenvalue weighted by molar-refractivity contribution is 0.215. The van der Waals surface area contributed by atoms with Crippen LogP contribution >= 0.6 is 0 Å². The van der Waals surface area contributed by atoms with Gasteiger partial charge in [0.1, 0.15) is 5.75 Å². The van der Waals surface area contributed by atoms with Crippen LogP contribution in [0, 0.1) is 0 Å². The highest BCUT2D eigenvalue weighted by molar-refractivity contribution is 7.80. The van der Waals surface area contributed by atoms with Crippen molar-refractivity contribution in [3.63, 3.8) is 0 Å². The highest BCUT2D eigenvalue weighted by atomic mass is 32.2. The fraction of sp³-hybridized carbons (Fsp3) is 0.455. The van der Waals surface area contributed by atoms with Crippen LogP contribution in [0.3, 0.4) is 0 Å². The van der Waals surface area contributed by atoms with Crippen LogP contribution in [0.5, 0.6) is 5.75 Å². The van der Waals surface area contributed by atoms with Gasteiger partial charge in [-0.2, -0.15) is 0 Å². The van der Waals surface area contributed by atoms with Crippen molar-refractivity contribution in [2.45, 2.75) is 25.3 Å². The largest absolute Gasteiger partial charge is 0.755 e.